The first-order valence-electron chi connectivity index (χ1n) is 38.9. The van der Waals surface area contributed by atoms with Crippen molar-refractivity contribution in [1.82, 2.24) is 0 Å². The molecule has 11 aromatic rings. The van der Waals surface area contributed by atoms with Crippen LogP contribution in [0.4, 0.5) is 0 Å². The van der Waals surface area contributed by atoms with E-state index in [0.29, 0.717) is 3.57 Å². The largest absolute Gasteiger partial charge is 0.495 e. The van der Waals surface area contributed by atoms with E-state index in [2.05, 4.69) is 63.7 Å². The van der Waals surface area contributed by atoms with Crippen LogP contribution in [-0.2, 0) is 9.31 Å². The van der Waals surface area contributed by atoms with Gasteiger partial charge in [0.25, 0.3) is 0 Å². The van der Waals surface area contributed by atoms with Crippen LogP contribution in [0, 0.1) is 3.57 Å². The number of hydrogen-bond donors (Lipinski definition) is 0. The van der Waals surface area contributed by atoms with E-state index < -0.39 is 163 Å². The van der Waals surface area contributed by atoms with Crippen molar-refractivity contribution >= 4 is 153 Å². The summed E-state index contributed by atoms with van der Waals surface area (Å²) in [4.78, 5) is 0. The Morgan fingerprint density at radius 3 is 1.33 bits per heavy atom. The monoisotopic (exact) mass is 1320 g/mol. The molecule has 0 saturated carbocycles. The normalized spacial score (nSPS) is 20.9. The molecule has 1 heterocycles. The van der Waals surface area contributed by atoms with Gasteiger partial charge < -0.3 is 9.31 Å². The first-order valence-corrected chi connectivity index (χ1v) is 24.1. The third-order valence-electron chi connectivity index (χ3n) is 9.88. The van der Waals surface area contributed by atoms with Crippen molar-refractivity contribution in [2.24, 2.45) is 0 Å². The summed E-state index contributed by atoms with van der Waals surface area (Å²) >= 11 is 14.1. The van der Waals surface area contributed by atoms with E-state index in [-0.39, 0.29) is 173 Å². The van der Waals surface area contributed by atoms with Gasteiger partial charge in [-0.05, 0) is 185 Å². The SMILES string of the molecule is [2H]c1c([2H])c(-c2c([2H])c([2H])c([2H])c3c([2H])c([2H])c([2H])c([2H])c23)c([2H])c([2H])c1Br.[2H]c1c([2H])c(I)c([2H])c([2H])c1Br.[2H]c1c([2H])c([2H])c2c(B3OC(C)(C)C(C)(C)O3)c([2H])c([2H])c([2H])c2c1[2H].[2H]c1c([2H])c([2H])c2c(Br)c([2H])c([2H])c([2H])c2c1[2H].[2H]c1c([2H])c([2H])c2c(Br)c3c([2H])c([2H])c([2H])c([2H])c3c([2H])c2c1[2H]. The second-order valence-corrected chi connectivity index (χ2v) is 19.1. The van der Waals surface area contributed by atoms with Gasteiger partial charge in [0.15, 0.2) is 0 Å². The summed E-state index contributed by atoms with van der Waals surface area (Å²) in [6.45, 7) is 7.31. The number of benzene rings is 11. The minimum Gasteiger partial charge on any atom is -0.399 e. The molecule has 1 fully saturated rings. The average molecular weight is 1320 g/mol. The van der Waals surface area contributed by atoms with Gasteiger partial charge in [-0.3, -0.25) is 0 Å². The van der Waals surface area contributed by atoms with Crippen LogP contribution in [0.15, 0.2) is 248 Å². The van der Waals surface area contributed by atoms with Crippen LogP contribution < -0.4 is 5.46 Å². The molecular formula is C62H50BBr4IO2. The molecule has 0 atom stereocenters. The zero-order valence-electron chi connectivity index (χ0n) is 74.3. The summed E-state index contributed by atoms with van der Waals surface area (Å²) in [6.07, 6.45) is 0. The fourth-order valence-corrected chi connectivity index (χ4v) is 7.50. The number of fused-ring (bicyclic) bond motifs is 5. The molecule has 0 spiro atoms. The van der Waals surface area contributed by atoms with E-state index in [0.717, 1.165) is 0 Å². The second kappa shape index (κ2) is 23.7. The molecule has 0 radical (unpaired) electrons. The molecule has 12 rings (SSSR count). The van der Waals surface area contributed by atoms with Crippen molar-refractivity contribution < 1.29 is 61.4 Å². The molecule has 70 heavy (non-hydrogen) atoms. The van der Waals surface area contributed by atoms with Crippen molar-refractivity contribution in [3.8, 4) is 11.1 Å². The van der Waals surface area contributed by atoms with Gasteiger partial charge in [-0.1, -0.05) is 229 Å². The summed E-state index contributed by atoms with van der Waals surface area (Å²) in [6, 6.07) is -15.3. The molecule has 11 aromatic carbocycles. The molecule has 0 bridgehead atoms. The van der Waals surface area contributed by atoms with E-state index in [4.69, 9.17) is 61.4 Å². The highest BCUT2D eigenvalue weighted by Crippen LogP contribution is 2.37. The highest BCUT2D eigenvalue weighted by molar-refractivity contribution is 14.1. The average Bonchev–Trinajstić information content (AvgIpc) is 1.08. The summed E-state index contributed by atoms with van der Waals surface area (Å²) in [5.41, 5.74) is -2.06. The van der Waals surface area contributed by atoms with E-state index in [1.165, 1.54) is 0 Å². The van der Waals surface area contributed by atoms with E-state index in [1.54, 1.807) is 22.6 Å². The molecule has 1 saturated heterocycles. The molecule has 2 nitrogen and oxygen atoms in total. The lowest BCUT2D eigenvalue weighted by Crippen LogP contribution is -2.41. The Morgan fingerprint density at radius 2 is 0.786 bits per heavy atom. The first-order chi connectivity index (χ1) is 49.6. The highest BCUT2D eigenvalue weighted by atomic mass is 127. The van der Waals surface area contributed by atoms with Crippen molar-refractivity contribution in [2.75, 3.05) is 0 Å². The molecule has 0 aromatic heterocycles. The maximum absolute atomic E-state index is 8.32. The van der Waals surface area contributed by atoms with Crippen LogP contribution in [-0.4, -0.2) is 18.3 Å². The molecule has 0 N–H and O–H groups in total. The van der Waals surface area contributed by atoms with Crippen LogP contribution >= 0.6 is 86.3 Å². The Hall–Kier alpha value is -4.65. The second-order valence-electron chi connectivity index (χ2n) is 14.8. The van der Waals surface area contributed by atoms with Gasteiger partial charge in [-0.2, -0.15) is 0 Å². The predicted molar refractivity (Wildman–Crippen MR) is 324 cm³/mol. The number of hydrogen-bond acceptors (Lipinski definition) is 2. The Balaban J connectivity index is 0.000000174. The van der Waals surface area contributed by atoms with Gasteiger partial charge in [0.05, 0.1) is 63.3 Å². The first kappa shape index (κ1) is 22.2. The van der Waals surface area contributed by atoms with Gasteiger partial charge in [0.1, 0.15) is 0 Å². The molecule has 0 amide bonds. The van der Waals surface area contributed by atoms with E-state index >= 15 is 0 Å². The van der Waals surface area contributed by atoms with Gasteiger partial charge >= 0.3 is 7.12 Å². The summed E-state index contributed by atoms with van der Waals surface area (Å²) in [7, 11) is -1.07. The zero-order valence-corrected chi connectivity index (χ0v) is 44.8. The minimum atomic E-state index is -1.07. The fourth-order valence-electron chi connectivity index (χ4n) is 5.85. The van der Waals surface area contributed by atoms with Crippen molar-refractivity contribution in [1.29, 1.82) is 0 Å². The third kappa shape index (κ3) is 12.7. The Bertz CT molecular complexity index is 5340. The highest BCUT2D eigenvalue weighted by Gasteiger charge is 2.52. The van der Waals surface area contributed by atoms with Crippen LogP contribution in [0.25, 0.3) is 65.0 Å². The van der Waals surface area contributed by atoms with Crippen molar-refractivity contribution in [2.45, 2.75) is 38.9 Å². The zero-order chi connectivity index (χ0) is 82.3. The van der Waals surface area contributed by atoms with Gasteiger partial charge in [0, 0.05) is 21.5 Å². The van der Waals surface area contributed by atoms with Crippen LogP contribution in [0.3, 0.4) is 0 Å². The molecule has 1 aliphatic heterocycles. The Labute approximate surface area is 513 Å². The third-order valence-corrected chi connectivity index (χ3v) is 12.6. The molecule has 0 unspecified atom stereocenters. The molecule has 348 valence electrons. The van der Waals surface area contributed by atoms with Crippen LogP contribution in [0.5, 0.6) is 0 Å². The quantitative estimate of drug-likeness (QED) is 0.0976. The van der Waals surface area contributed by atoms with E-state index in [1.807, 2.05) is 27.7 Å². The van der Waals surface area contributed by atoms with Gasteiger partial charge in [0.2, 0.25) is 0 Å². The summed E-state index contributed by atoms with van der Waals surface area (Å²) in [5, 5.41) is -0.729. The van der Waals surface area contributed by atoms with Gasteiger partial charge in [-0.25, -0.2) is 0 Å². The van der Waals surface area contributed by atoms with Crippen molar-refractivity contribution in [3.05, 3.63) is 251 Å². The fraction of sp³-hybridized carbons (Fsp3) is 0.0968. The molecular weight excluding hydrogens is 1230 g/mol. The van der Waals surface area contributed by atoms with Crippen LogP contribution in [0.1, 0.15) is 79.8 Å². The lowest BCUT2D eigenvalue weighted by Gasteiger charge is -2.32. The van der Waals surface area contributed by atoms with Gasteiger partial charge in [-0.15, -0.1) is 0 Å². The van der Waals surface area contributed by atoms with Crippen molar-refractivity contribution in [3.63, 3.8) is 0 Å². The lowest BCUT2D eigenvalue weighted by molar-refractivity contribution is 0.00578. The standard InChI is InChI=1S/C16H19BO2.C16H11Br.C14H9Br.C10H7Br.C6H4BrI/c1-15(2)16(3,4)19-17(18-15)14-11-7-9-12-8-5-6-10-13(12)14;17-14-10-8-13(9-11-14)16-7-3-5-12-4-1-2-6-15(12)16;15-14-12-7-3-1-5-10(12)9-11-6-2-4-8-13(11)14;11-10-7-3-5-8-4-1-2-6-9(8)10;7-5-1-3-6(8)4-2-5/h5-11H,1-4H3;1-11H;1-9H;1-7H;1-4H/i5D,6D,7D,8D,9D,10D,11D;1D,2D,3D,4D,5D,6D,7D,8D,9D,10D,11D;1D,2D,3D,4D,5D,6D,7D,8D,9D;1D,2D,3D,4D,5D,6D,7D;1D,2D,3D,4D. The number of halogens is 5. The Morgan fingerprint density at radius 1 is 0.400 bits per heavy atom. The topological polar surface area (TPSA) is 18.5 Å². The molecule has 1 aliphatic rings. The maximum Gasteiger partial charge on any atom is 0.495 e. The van der Waals surface area contributed by atoms with E-state index in [9.17, 15) is 0 Å². The summed E-state index contributed by atoms with van der Waals surface area (Å²) < 4.78 is 313. The minimum absolute atomic E-state index is 0.000463. The number of rotatable bonds is 2. The smallest absolute Gasteiger partial charge is 0.399 e. The Kier molecular flexibility index (Phi) is 7.53. The maximum atomic E-state index is 8.32. The lowest BCUT2D eigenvalue weighted by atomic mass is 9.76. The molecule has 0 aliphatic carbocycles. The van der Waals surface area contributed by atoms with Crippen LogP contribution in [0.2, 0.25) is 0 Å². The summed E-state index contributed by atoms with van der Waals surface area (Å²) in [5.74, 6) is 0. The molecule has 8 heteroatoms. The predicted octanol–water partition coefficient (Wildman–Crippen LogP) is 19.8.